The molecule has 0 aromatic heterocycles. The molecular formula is C32H63NO2. The molecular weight excluding hydrogens is 430 g/mol. The summed E-state index contributed by atoms with van der Waals surface area (Å²) in [6.07, 6.45) is 32.2. The van der Waals surface area contributed by atoms with Gasteiger partial charge in [-0.15, -0.1) is 0 Å². The van der Waals surface area contributed by atoms with Crippen molar-refractivity contribution in [2.75, 3.05) is 20.6 Å². The van der Waals surface area contributed by atoms with E-state index in [0.717, 1.165) is 30.6 Å². The van der Waals surface area contributed by atoms with Gasteiger partial charge >= 0.3 is 5.97 Å². The Labute approximate surface area is 220 Å². The van der Waals surface area contributed by atoms with Gasteiger partial charge in [0.05, 0.1) is 0 Å². The normalized spacial score (nSPS) is 18.3. The molecule has 0 aromatic carbocycles. The maximum atomic E-state index is 10.5. The largest absolute Gasteiger partial charge is 0.481 e. The summed E-state index contributed by atoms with van der Waals surface area (Å²) >= 11 is 0. The van der Waals surface area contributed by atoms with E-state index in [1.807, 2.05) is 0 Å². The van der Waals surface area contributed by atoms with Gasteiger partial charge in [-0.2, -0.15) is 0 Å². The van der Waals surface area contributed by atoms with Crippen LogP contribution in [0.2, 0.25) is 0 Å². The first kappa shape index (κ1) is 32.5. The molecule has 3 heteroatoms. The van der Waals surface area contributed by atoms with Crippen LogP contribution in [0.15, 0.2) is 0 Å². The third-order valence-corrected chi connectivity index (χ3v) is 8.31. The Bertz CT molecular complexity index is 478. The first-order chi connectivity index (χ1) is 17.0. The Balaban J connectivity index is 1.85. The number of unbranched alkanes of at least 4 members (excludes halogenated alkanes) is 15. The maximum absolute atomic E-state index is 10.5. The molecule has 0 heterocycles. The van der Waals surface area contributed by atoms with Crippen molar-refractivity contribution in [3.63, 3.8) is 0 Å². The third-order valence-electron chi connectivity index (χ3n) is 8.31. The minimum Gasteiger partial charge on any atom is -0.481 e. The van der Waals surface area contributed by atoms with Crippen molar-refractivity contribution in [1.29, 1.82) is 0 Å². The van der Waals surface area contributed by atoms with Gasteiger partial charge in [0.1, 0.15) is 0 Å². The Morgan fingerprint density at radius 2 is 1.11 bits per heavy atom. The summed E-state index contributed by atoms with van der Waals surface area (Å²) in [6.45, 7) is 3.59. The number of nitrogens with zero attached hydrogens (tertiary/aromatic N) is 1. The molecule has 3 unspecified atom stereocenters. The number of hydrogen-bond acceptors (Lipinski definition) is 2. The Hall–Kier alpha value is -0.570. The second kappa shape index (κ2) is 22.6. The molecule has 0 amide bonds. The average Bonchev–Trinajstić information content (AvgIpc) is 3.56. The molecule has 1 aliphatic carbocycles. The van der Waals surface area contributed by atoms with E-state index in [4.69, 9.17) is 5.11 Å². The number of carbonyl (C=O) groups is 1. The molecule has 1 rings (SSSR count). The zero-order valence-corrected chi connectivity index (χ0v) is 24.2. The van der Waals surface area contributed by atoms with Crippen molar-refractivity contribution in [3.8, 4) is 0 Å². The van der Waals surface area contributed by atoms with E-state index in [2.05, 4.69) is 25.9 Å². The van der Waals surface area contributed by atoms with Crippen LogP contribution in [0.5, 0.6) is 0 Å². The van der Waals surface area contributed by atoms with Crippen LogP contribution in [0, 0.1) is 17.8 Å². The smallest absolute Gasteiger partial charge is 0.303 e. The average molecular weight is 494 g/mol. The minimum absolute atomic E-state index is 0.349. The van der Waals surface area contributed by atoms with Crippen LogP contribution in [0.25, 0.3) is 0 Å². The van der Waals surface area contributed by atoms with Crippen molar-refractivity contribution in [2.45, 2.75) is 161 Å². The highest BCUT2D eigenvalue weighted by molar-refractivity contribution is 5.66. The zero-order chi connectivity index (χ0) is 25.6. The summed E-state index contributed by atoms with van der Waals surface area (Å²) in [5.41, 5.74) is 0. The summed E-state index contributed by atoms with van der Waals surface area (Å²) in [5.74, 6) is 2.35. The molecule has 0 aromatic rings. The van der Waals surface area contributed by atoms with Crippen LogP contribution in [0.1, 0.15) is 161 Å². The Morgan fingerprint density at radius 1 is 0.686 bits per heavy atom. The molecule has 0 radical (unpaired) electrons. The monoisotopic (exact) mass is 493 g/mol. The van der Waals surface area contributed by atoms with Crippen molar-refractivity contribution in [2.24, 2.45) is 17.8 Å². The van der Waals surface area contributed by atoms with Crippen LogP contribution >= 0.6 is 0 Å². The summed E-state index contributed by atoms with van der Waals surface area (Å²) in [7, 11) is 4.48. The first-order valence-corrected chi connectivity index (χ1v) is 15.9. The number of hydrogen-bond donors (Lipinski definition) is 1. The molecule has 0 saturated heterocycles. The van der Waals surface area contributed by atoms with Gasteiger partial charge in [-0.1, -0.05) is 129 Å². The third kappa shape index (κ3) is 21.2. The van der Waals surface area contributed by atoms with Crippen molar-refractivity contribution in [3.05, 3.63) is 0 Å². The molecule has 1 aliphatic rings. The van der Waals surface area contributed by atoms with Crippen molar-refractivity contribution < 1.29 is 9.90 Å². The Kier molecular flexibility index (Phi) is 21.0. The van der Waals surface area contributed by atoms with E-state index in [1.165, 1.54) is 141 Å². The summed E-state index contributed by atoms with van der Waals surface area (Å²) in [4.78, 5) is 12.9. The molecule has 3 nitrogen and oxygen atoms in total. The fourth-order valence-electron chi connectivity index (χ4n) is 6.01. The van der Waals surface area contributed by atoms with Gasteiger partial charge in [-0.05, 0) is 57.5 Å². The molecule has 1 N–H and O–H groups in total. The van der Waals surface area contributed by atoms with E-state index in [1.54, 1.807) is 0 Å². The Morgan fingerprint density at radius 3 is 1.57 bits per heavy atom. The van der Waals surface area contributed by atoms with Gasteiger partial charge in [0.25, 0.3) is 0 Å². The van der Waals surface area contributed by atoms with Crippen LogP contribution in [0.3, 0.4) is 0 Å². The zero-order valence-electron chi connectivity index (χ0n) is 24.2. The highest BCUT2D eigenvalue weighted by Gasteiger charge is 2.34. The van der Waals surface area contributed by atoms with Crippen LogP contribution in [-0.2, 0) is 4.79 Å². The van der Waals surface area contributed by atoms with Gasteiger partial charge in [-0.3, -0.25) is 4.79 Å². The van der Waals surface area contributed by atoms with Gasteiger partial charge in [0, 0.05) is 13.0 Å². The van der Waals surface area contributed by atoms with Gasteiger partial charge in [0.15, 0.2) is 0 Å². The predicted octanol–water partition coefficient (Wildman–Crippen LogP) is 9.88. The van der Waals surface area contributed by atoms with Crippen LogP contribution in [0.4, 0.5) is 0 Å². The summed E-state index contributed by atoms with van der Waals surface area (Å²) < 4.78 is 0. The second-order valence-electron chi connectivity index (χ2n) is 12.2. The second-order valence-corrected chi connectivity index (χ2v) is 12.2. The summed E-state index contributed by atoms with van der Waals surface area (Å²) in [5, 5.41) is 8.67. The number of rotatable bonds is 27. The fraction of sp³-hybridized carbons (Fsp3) is 0.969. The van der Waals surface area contributed by atoms with Gasteiger partial charge in [-0.25, -0.2) is 0 Å². The van der Waals surface area contributed by atoms with E-state index >= 15 is 0 Å². The molecule has 0 aliphatic heterocycles. The maximum Gasteiger partial charge on any atom is 0.303 e. The van der Waals surface area contributed by atoms with Crippen LogP contribution in [-0.4, -0.2) is 36.6 Å². The molecule has 35 heavy (non-hydrogen) atoms. The molecule has 208 valence electrons. The molecule has 1 saturated carbocycles. The lowest BCUT2D eigenvalue weighted by Crippen LogP contribution is -2.21. The molecule has 0 bridgehead atoms. The highest BCUT2D eigenvalue weighted by atomic mass is 16.4. The highest BCUT2D eigenvalue weighted by Crippen LogP contribution is 2.45. The summed E-state index contributed by atoms with van der Waals surface area (Å²) in [6, 6.07) is 0. The van der Waals surface area contributed by atoms with Crippen molar-refractivity contribution >= 4 is 5.97 Å². The lowest BCUT2D eigenvalue weighted by molar-refractivity contribution is -0.137. The standard InChI is InChI=1S/C32H63NO2/c1-4-5-6-12-17-22-29(28-33(2)3)23-18-13-9-7-8-10-14-19-24-30-27-31(30)25-20-15-11-16-21-26-32(34)35/h29-31H,4-28H2,1-3H3,(H,34,35). The molecule has 0 spiro atoms. The quantitative estimate of drug-likeness (QED) is 0.116. The van der Waals surface area contributed by atoms with Gasteiger partial charge < -0.3 is 10.0 Å². The molecule has 1 fully saturated rings. The fourth-order valence-corrected chi connectivity index (χ4v) is 6.01. The van der Waals surface area contributed by atoms with E-state index in [9.17, 15) is 4.79 Å². The lowest BCUT2D eigenvalue weighted by atomic mass is 9.93. The van der Waals surface area contributed by atoms with E-state index < -0.39 is 5.97 Å². The SMILES string of the molecule is CCCCCCCC(CCCCCCCCCCC1CC1CCCCCCCC(=O)O)CN(C)C. The predicted molar refractivity (Wildman–Crippen MR) is 153 cm³/mol. The van der Waals surface area contributed by atoms with E-state index in [0.29, 0.717) is 6.42 Å². The number of carboxylic acids is 1. The minimum atomic E-state index is -0.645. The van der Waals surface area contributed by atoms with Gasteiger partial charge in [0.2, 0.25) is 0 Å². The number of carboxylic acid groups (broad SMARTS) is 1. The molecule has 3 atom stereocenters. The topological polar surface area (TPSA) is 40.5 Å². The first-order valence-electron chi connectivity index (χ1n) is 15.9. The lowest BCUT2D eigenvalue weighted by Gasteiger charge is -2.21. The van der Waals surface area contributed by atoms with Crippen molar-refractivity contribution in [1.82, 2.24) is 4.90 Å². The van der Waals surface area contributed by atoms with Crippen LogP contribution < -0.4 is 0 Å². The number of aliphatic carboxylic acids is 1. The van der Waals surface area contributed by atoms with E-state index in [-0.39, 0.29) is 0 Å².